The van der Waals surface area contributed by atoms with E-state index in [0.29, 0.717) is 31.1 Å². The number of ether oxygens (including phenoxy) is 1. The monoisotopic (exact) mass is 416 g/mol. The molecule has 2 amide bonds. The van der Waals surface area contributed by atoms with Crippen molar-refractivity contribution < 1.29 is 14.3 Å². The van der Waals surface area contributed by atoms with Crippen molar-refractivity contribution in [3.63, 3.8) is 0 Å². The first kappa shape index (κ1) is 20.5. The van der Waals surface area contributed by atoms with Gasteiger partial charge in [-0.1, -0.05) is 36.4 Å². The minimum absolute atomic E-state index is 0.0571. The number of carbonyl (C=O) groups is 2. The Morgan fingerprint density at radius 1 is 1.13 bits per heavy atom. The largest absolute Gasteiger partial charge is 0.497 e. The molecule has 0 spiro atoms. The van der Waals surface area contributed by atoms with Crippen LogP contribution in [0.25, 0.3) is 11.4 Å². The van der Waals surface area contributed by atoms with Gasteiger partial charge in [0.15, 0.2) is 5.82 Å². The van der Waals surface area contributed by atoms with Crippen molar-refractivity contribution in [2.24, 2.45) is 5.92 Å². The van der Waals surface area contributed by atoms with Crippen LogP contribution in [0, 0.1) is 5.92 Å². The first-order chi connectivity index (χ1) is 15.1. The van der Waals surface area contributed by atoms with Crippen LogP contribution in [0.5, 0.6) is 5.75 Å². The minimum atomic E-state index is -0.365. The van der Waals surface area contributed by atoms with Crippen LogP contribution in [0.3, 0.4) is 0 Å². The lowest BCUT2D eigenvalue weighted by Crippen LogP contribution is -2.34. The zero-order valence-electron chi connectivity index (χ0n) is 17.3. The second-order valence-corrected chi connectivity index (χ2v) is 7.43. The van der Waals surface area contributed by atoms with Crippen LogP contribution in [0.15, 0.2) is 67.0 Å². The summed E-state index contributed by atoms with van der Waals surface area (Å²) in [5, 5.41) is 2.94. The van der Waals surface area contributed by atoms with Crippen LogP contribution in [-0.4, -0.2) is 42.0 Å². The Morgan fingerprint density at radius 3 is 2.65 bits per heavy atom. The summed E-state index contributed by atoms with van der Waals surface area (Å²) < 4.78 is 5.22. The molecule has 1 fully saturated rings. The highest BCUT2D eigenvalue weighted by Crippen LogP contribution is 2.28. The van der Waals surface area contributed by atoms with Crippen molar-refractivity contribution in [1.29, 1.82) is 0 Å². The fourth-order valence-electron chi connectivity index (χ4n) is 3.61. The minimum Gasteiger partial charge on any atom is -0.497 e. The first-order valence-corrected chi connectivity index (χ1v) is 10.2. The van der Waals surface area contributed by atoms with Gasteiger partial charge in [-0.25, -0.2) is 9.97 Å². The van der Waals surface area contributed by atoms with Crippen molar-refractivity contribution in [2.75, 3.05) is 25.1 Å². The molecule has 1 atom stereocenters. The number of anilines is 1. The molecular weight excluding hydrogens is 392 g/mol. The van der Waals surface area contributed by atoms with E-state index >= 15 is 0 Å². The second kappa shape index (κ2) is 9.38. The summed E-state index contributed by atoms with van der Waals surface area (Å²) in [5.41, 5.74) is 2.66. The van der Waals surface area contributed by atoms with E-state index in [9.17, 15) is 9.59 Å². The van der Waals surface area contributed by atoms with Crippen LogP contribution < -0.4 is 15.0 Å². The standard InChI is InChI=1S/C24H24N4O3/c1-31-21-9-5-8-20(13-21)28-16-19(12-22(28)29)24(30)25-11-10-17-14-26-23(27-15-17)18-6-3-2-4-7-18/h2-9,13-15,19H,10-12,16H2,1H3,(H,25,30). The molecule has 0 bridgehead atoms. The number of benzene rings is 2. The SMILES string of the molecule is COc1cccc(N2CC(C(=O)NCCc3cnc(-c4ccccc4)nc3)CC2=O)c1. The van der Waals surface area contributed by atoms with Crippen molar-refractivity contribution in [2.45, 2.75) is 12.8 Å². The van der Waals surface area contributed by atoms with Gasteiger partial charge in [-0.15, -0.1) is 0 Å². The number of carbonyl (C=O) groups excluding carboxylic acids is 2. The second-order valence-electron chi connectivity index (χ2n) is 7.43. The molecule has 158 valence electrons. The Morgan fingerprint density at radius 2 is 1.90 bits per heavy atom. The molecular formula is C24H24N4O3. The number of nitrogens with zero attached hydrogens (tertiary/aromatic N) is 3. The van der Waals surface area contributed by atoms with E-state index in [1.807, 2.05) is 48.5 Å². The maximum atomic E-state index is 12.6. The van der Waals surface area contributed by atoms with Crippen LogP contribution in [-0.2, 0) is 16.0 Å². The Balaban J connectivity index is 1.29. The highest BCUT2D eigenvalue weighted by Gasteiger charge is 2.35. The lowest BCUT2D eigenvalue weighted by atomic mass is 10.1. The molecule has 1 saturated heterocycles. The smallest absolute Gasteiger partial charge is 0.227 e. The Bertz CT molecular complexity index is 1050. The molecule has 1 aliphatic rings. The van der Waals surface area contributed by atoms with Gasteiger partial charge in [-0.2, -0.15) is 0 Å². The van der Waals surface area contributed by atoms with E-state index in [-0.39, 0.29) is 24.2 Å². The molecule has 1 N–H and O–H groups in total. The molecule has 2 heterocycles. The third-order valence-electron chi connectivity index (χ3n) is 5.31. The Hall–Kier alpha value is -3.74. The summed E-state index contributed by atoms with van der Waals surface area (Å²) in [6.07, 6.45) is 4.40. The number of aromatic nitrogens is 2. The number of hydrogen-bond acceptors (Lipinski definition) is 5. The van der Waals surface area contributed by atoms with E-state index in [0.717, 1.165) is 16.8 Å². The van der Waals surface area contributed by atoms with E-state index < -0.39 is 0 Å². The van der Waals surface area contributed by atoms with Gasteiger partial charge in [0.05, 0.1) is 13.0 Å². The summed E-state index contributed by atoms with van der Waals surface area (Å²) in [7, 11) is 1.58. The van der Waals surface area contributed by atoms with Gasteiger partial charge >= 0.3 is 0 Å². The van der Waals surface area contributed by atoms with Crippen LogP contribution in [0.4, 0.5) is 5.69 Å². The molecule has 3 aromatic rings. The quantitative estimate of drug-likeness (QED) is 0.640. The van der Waals surface area contributed by atoms with Crippen molar-refractivity contribution in [1.82, 2.24) is 15.3 Å². The molecule has 4 rings (SSSR count). The molecule has 1 aliphatic heterocycles. The predicted octanol–water partition coefficient (Wildman–Crippen LogP) is 2.86. The van der Waals surface area contributed by atoms with Crippen molar-refractivity contribution in [3.8, 4) is 17.1 Å². The number of hydrogen-bond donors (Lipinski definition) is 1. The van der Waals surface area contributed by atoms with E-state index in [4.69, 9.17) is 4.74 Å². The normalized spacial score (nSPS) is 15.7. The maximum absolute atomic E-state index is 12.6. The lowest BCUT2D eigenvalue weighted by Gasteiger charge is -2.17. The van der Waals surface area contributed by atoms with Crippen LogP contribution in [0.1, 0.15) is 12.0 Å². The maximum Gasteiger partial charge on any atom is 0.227 e. The summed E-state index contributed by atoms with van der Waals surface area (Å²) in [6.45, 7) is 0.837. The zero-order valence-corrected chi connectivity index (χ0v) is 17.3. The van der Waals surface area contributed by atoms with Gasteiger partial charge in [0.25, 0.3) is 0 Å². The Labute approximate surface area is 181 Å². The van der Waals surface area contributed by atoms with E-state index in [2.05, 4.69) is 15.3 Å². The molecule has 0 aliphatic carbocycles. The predicted molar refractivity (Wildman–Crippen MR) is 118 cm³/mol. The van der Waals surface area contributed by atoms with Crippen molar-refractivity contribution in [3.05, 3.63) is 72.6 Å². The van der Waals surface area contributed by atoms with Gasteiger partial charge in [0.2, 0.25) is 11.8 Å². The summed E-state index contributed by atoms with van der Waals surface area (Å²) in [6, 6.07) is 17.1. The van der Waals surface area contributed by atoms with Gasteiger partial charge < -0.3 is 15.0 Å². The summed E-state index contributed by atoms with van der Waals surface area (Å²) >= 11 is 0. The van der Waals surface area contributed by atoms with Crippen LogP contribution >= 0.6 is 0 Å². The average molecular weight is 416 g/mol. The molecule has 7 nitrogen and oxygen atoms in total. The van der Waals surface area contributed by atoms with E-state index in [1.165, 1.54) is 0 Å². The van der Waals surface area contributed by atoms with Gasteiger partial charge in [-0.05, 0) is 24.1 Å². The fraction of sp³-hybridized carbons (Fsp3) is 0.250. The third-order valence-corrected chi connectivity index (χ3v) is 5.31. The van der Waals surface area contributed by atoms with Crippen molar-refractivity contribution >= 4 is 17.5 Å². The summed E-state index contributed by atoms with van der Waals surface area (Å²) in [5.74, 6) is 0.823. The van der Waals surface area contributed by atoms with Gasteiger partial charge in [0.1, 0.15) is 5.75 Å². The lowest BCUT2D eigenvalue weighted by molar-refractivity contribution is -0.126. The number of rotatable bonds is 7. The topological polar surface area (TPSA) is 84.4 Å². The molecule has 2 aromatic carbocycles. The Kier molecular flexibility index (Phi) is 6.21. The molecule has 0 radical (unpaired) electrons. The summed E-state index contributed by atoms with van der Waals surface area (Å²) in [4.78, 5) is 35.5. The molecule has 1 unspecified atom stereocenters. The first-order valence-electron chi connectivity index (χ1n) is 10.2. The zero-order chi connectivity index (χ0) is 21.6. The van der Waals surface area contributed by atoms with Gasteiger partial charge in [-0.3, -0.25) is 9.59 Å². The molecule has 0 saturated carbocycles. The van der Waals surface area contributed by atoms with Gasteiger partial charge in [0, 0.05) is 49.2 Å². The third kappa shape index (κ3) is 4.88. The van der Waals surface area contributed by atoms with E-state index in [1.54, 1.807) is 30.5 Å². The fourth-order valence-corrected chi connectivity index (χ4v) is 3.61. The molecule has 7 heteroatoms. The number of nitrogens with one attached hydrogen (secondary N) is 1. The highest BCUT2D eigenvalue weighted by atomic mass is 16.5. The highest BCUT2D eigenvalue weighted by molar-refractivity contribution is 6.00. The number of amides is 2. The average Bonchev–Trinajstić information content (AvgIpc) is 3.22. The molecule has 31 heavy (non-hydrogen) atoms. The number of methoxy groups -OCH3 is 1. The molecule has 1 aromatic heterocycles. The van der Waals surface area contributed by atoms with Crippen LogP contribution in [0.2, 0.25) is 0 Å².